The van der Waals surface area contributed by atoms with E-state index < -0.39 is 0 Å². The molecule has 4 rings (SSSR count). The van der Waals surface area contributed by atoms with Gasteiger partial charge in [-0.05, 0) is 38.6 Å². The molecular weight excluding hydrogens is 419 g/mol. The Morgan fingerprint density at radius 2 is 2.03 bits per heavy atom. The lowest BCUT2D eigenvalue weighted by atomic mass is 10.2. The van der Waals surface area contributed by atoms with E-state index in [1.807, 2.05) is 17.6 Å². The number of rotatable bonds is 7. The first-order valence-corrected chi connectivity index (χ1v) is 12.4. The molecule has 8 heteroatoms. The van der Waals surface area contributed by atoms with Gasteiger partial charge < -0.3 is 14.7 Å². The number of piperazine rings is 1. The fraction of sp³-hybridized carbons (Fsp3) is 0.458. The van der Waals surface area contributed by atoms with Crippen molar-refractivity contribution in [1.82, 2.24) is 29.3 Å². The summed E-state index contributed by atoms with van der Waals surface area (Å²) in [4.78, 5) is 23.2. The summed E-state index contributed by atoms with van der Waals surface area (Å²) in [5.74, 6) is 0.206. The molecular formula is C24H33N6OP. The Balaban J connectivity index is 1.54. The average molecular weight is 453 g/mol. The van der Waals surface area contributed by atoms with Crippen molar-refractivity contribution >= 4 is 25.7 Å². The van der Waals surface area contributed by atoms with Crippen LogP contribution in [0.15, 0.2) is 42.4 Å². The van der Waals surface area contributed by atoms with Crippen molar-refractivity contribution in [1.29, 1.82) is 0 Å². The van der Waals surface area contributed by atoms with E-state index in [1.54, 1.807) is 6.08 Å². The molecule has 2 aromatic rings. The van der Waals surface area contributed by atoms with Crippen LogP contribution >= 0.6 is 8.58 Å². The summed E-state index contributed by atoms with van der Waals surface area (Å²) in [5, 5.41) is 5.78. The third-order valence-corrected chi connectivity index (χ3v) is 7.67. The van der Waals surface area contributed by atoms with Crippen LogP contribution in [-0.2, 0) is 11.2 Å². The summed E-state index contributed by atoms with van der Waals surface area (Å²) in [6, 6.07) is 2.08. The van der Waals surface area contributed by atoms with E-state index in [1.165, 1.54) is 5.70 Å². The van der Waals surface area contributed by atoms with E-state index in [0.29, 0.717) is 8.58 Å². The molecule has 2 aliphatic heterocycles. The van der Waals surface area contributed by atoms with Gasteiger partial charge in [0.05, 0.1) is 40.3 Å². The molecule has 4 heterocycles. The SMILES string of the molecule is CCCc1nc(C)cn2nc(/C(=C/C=O)PC3C=CC(N4CCN(C)CC4)=CN3C)cc12. The van der Waals surface area contributed by atoms with E-state index in [0.717, 1.165) is 73.2 Å². The van der Waals surface area contributed by atoms with Crippen LogP contribution in [0, 0.1) is 6.92 Å². The Morgan fingerprint density at radius 3 is 2.72 bits per heavy atom. The number of likely N-dealkylation sites (N-methyl/N-ethyl adjacent to an activating group) is 2. The van der Waals surface area contributed by atoms with Gasteiger partial charge in [0.25, 0.3) is 0 Å². The van der Waals surface area contributed by atoms with Crippen LogP contribution in [-0.4, -0.2) is 81.6 Å². The van der Waals surface area contributed by atoms with E-state index >= 15 is 0 Å². The van der Waals surface area contributed by atoms with E-state index in [9.17, 15) is 4.79 Å². The van der Waals surface area contributed by atoms with Crippen molar-refractivity contribution in [3.05, 3.63) is 59.5 Å². The van der Waals surface area contributed by atoms with Crippen LogP contribution in [0.1, 0.15) is 30.4 Å². The third kappa shape index (κ3) is 4.94. The highest BCUT2D eigenvalue weighted by Crippen LogP contribution is 2.40. The standard InChI is InChI=1S/C24H33N6OP/c1-5-6-20-22-15-21(26-30(22)16-18(2)25-20)23(9-14-31)32-24-8-7-19(17-28(24)4)29-12-10-27(3)11-13-29/h7-9,14-17,24,32H,5-6,10-13H2,1-4H3/b23-9-. The van der Waals surface area contributed by atoms with Gasteiger partial charge in [-0.2, -0.15) is 5.10 Å². The van der Waals surface area contributed by atoms with Crippen LogP contribution in [0.2, 0.25) is 0 Å². The molecule has 1 fully saturated rings. The van der Waals surface area contributed by atoms with Gasteiger partial charge in [0.1, 0.15) is 6.29 Å². The monoisotopic (exact) mass is 452 g/mol. The largest absolute Gasteiger partial charge is 0.368 e. The quantitative estimate of drug-likeness (QED) is 0.366. The summed E-state index contributed by atoms with van der Waals surface area (Å²) in [5.41, 5.74) is 5.17. The van der Waals surface area contributed by atoms with Crippen molar-refractivity contribution in [2.45, 2.75) is 32.5 Å². The number of allylic oxidation sites excluding steroid dienone is 2. The van der Waals surface area contributed by atoms with Crippen LogP contribution in [0.5, 0.6) is 0 Å². The van der Waals surface area contributed by atoms with Crippen LogP contribution < -0.4 is 0 Å². The first-order chi connectivity index (χ1) is 15.5. The normalized spacial score (nSPS) is 20.6. The van der Waals surface area contributed by atoms with Gasteiger partial charge in [0.2, 0.25) is 0 Å². The van der Waals surface area contributed by atoms with Gasteiger partial charge in [0, 0.05) is 44.7 Å². The van der Waals surface area contributed by atoms with E-state index in [2.05, 4.69) is 60.1 Å². The molecule has 7 nitrogen and oxygen atoms in total. The molecule has 0 radical (unpaired) electrons. The molecule has 1 saturated heterocycles. The molecule has 0 aliphatic carbocycles. The molecule has 2 aromatic heterocycles. The predicted octanol–water partition coefficient (Wildman–Crippen LogP) is 3.13. The number of fused-ring (bicyclic) bond motifs is 1. The van der Waals surface area contributed by atoms with Crippen molar-refractivity contribution in [2.75, 3.05) is 40.3 Å². The first-order valence-electron chi connectivity index (χ1n) is 11.3. The molecule has 170 valence electrons. The van der Waals surface area contributed by atoms with Crippen molar-refractivity contribution in [3.8, 4) is 0 Å². The smallest absolute Gasteiger partial charge is 0.143 e. The minimum Gasteiger partial charge on any atom is -0.368 e. The number of carbonyl (C=O) groups excluding carboxylic acids is 1. The second kappa shape index (κ2) is 9.97. The number of aldehydes is 1. The summed E-state index contributed by atoms with van der Waals surface area (Å²) in [6.07, 6.45) is 13.2. The molecule has 32 heavy (non-hydrogen) atoms. The average Bonchev–Trinajstić information content (AvgIpc) is 3.19. The number of hydrogen-bond donors (Lipinski definition) is 0. The highest BCUT2D eigenvalue weighted by molar-refractivity contribution is 7.51. The molecule has 0 aromatic carbocycles. The van der Waals surface area contributed by atoms with Crippen molar-refractivity contribution in [2.24, 2.45) is 0 Å². The topological polar surface area (TPSA) is 57.0 Å². The predicted molar refractivity (Wildman–Crippen MR) is 132 cm³/mol. The molecule has 2 unspecified atom stereocenters. The Morgan fingerprint density at radius 1 is 1.25 bits per heavy atom. The lowest BCUT2D eigenvalue weighted by Crippen LogP contribution is -2.44. The fourth-order valence-electron chi connectivity index (χ4n) is 4.23. The van der Waals surface area contributed by atoms with E-state index in [-0.39, 0.29) is 5.78 Å². The van der Waals surface area contributed by atoms with Crippen molar-refractivity contribution in [3.63, 3.8) is 0 Å². The summed E-state index contributed by atoms with van der Waals surface area (Å²) in [7, 11) is 4.71. The van der Waals surface area contributed by atoms with Gasteiger partial charge in [0.15, 0.2) is 0 Å². The zero-order valence-electron chi connectivity index (χ0n) is 19.5. The zero-order chi connectivity index (χ0) is 22.7. The van der Waals surface area contributed by atoms with Crippen LogP contribution in [0.3, 0.4) is 0 Å². The zero-order valence-corrected chi connectivity index (χ0v) is 20.5. The summed E-state index contributed by atoms with van der Waals surface area (Å²) < 4.78 is 1.91. The number of aryl methyl sites for hydroxylation is 2. The van der Waals surface area contributed by atoms with Gasteiger partial charge in [-0.1, -0.05) is 28.0 Å². The highest BCUT2D eigenvalue weighted by atomic mass is 31.1. The van der Waals surface area contributed by atoms with Crippen LogP contribution in [0.25, 0.3) is 10.8 Å². The molecule has 0 amide bonds. The lowest BCUT2D eigenvalue weighted by Gasteiger charge is -2.38. The minimum absolute atomic E-state index is 0.206. The van der Waals surface area contributed by atoms with Crippen molar-refractivity contribution < 1.29 is 4.79 Å². The van der Waals surface area contributed by atoms with Gasteiger partial charge in [-0.3, -0.25) is 9.78 Å². The first kappa shape index (κ1) is 22.7. The Labute approximate surface area is 192 Å². The van der Waals surface area contributed by atoms with Gasteiger partial charge in [-0.15, -0.1) is 0 Å². The van der Waals surface area contributed by atoms with E-state index in [4.69, 9.17) is 10.1 Å². The molecule has 2 atom stereocenters. The molecule has 0 spiro atoms. The van der Waals surface area contributed by atoms with Gasteiger partial charge in [-0.25, -0.2) is 4.52 Å². The third-order valence-electron chi connectivity index (χ3n) is 6.05. The Hall–Kier alpha value is -2.50. The maximum atomic E-state index is 11.5. The molecule has 0 N–H and O–H groups in total. The molecule has 0 saturated carbocycles. The number of carbonyl (C=O) groups is 1. The second-order valence-electron chi connectivity index (χ2n) is 8.61. The Kier molecular flexibility index (Phi) is 7.07. The van der Waals surface area contributed by atoms with Crippen LogP contribution in [0.4, 0.5) is 0 Å². The Bertz CT molecular complexity index is 1060. The fourth-order valence-corrected chi connectivity index (χ4v) is 5.45. The summed E-state index contributed by atoms with van der Waals surface area (Å²) in [6.45, 7) is 8.45. The number of hydrogen-bond acceptors (Lipinski definition) is 6. The number of nitrogens with zero attached hydrogens (tertiary/aromatic N) is 6. The second-order valence-corrected chi connectivity index (χ2v) is 10.0. The maximum absolute atomic E-state index is 11.5. The lowest BCUT2D eigenvalue weighted by molar-refractivity contribution is -0.104. The summed E-state index contributed by atoms with van der Waals surface area (Å²) >= 11 is 0. The highest BCUT2D eigenvalue weighted by Gasteiger charge is 2.22. The molecule has 2 aliphatic rings. The maximum Gasteiger partial charge on any atom is 0.143 e. The molecule has 0 bridgehead atoms. The number of aromatic nitrogens is 3. The van der Waals surface area contributed by atoms with Gasteiger partial charge >= 0.3 is 0 Å². The minimum atomic E-state index is 0.206.